The van der Waals surface area contributed by atoms with Crippen LogP contribution in [0.4, 0.5) is 0 Å². The molecule has 0 N–H and O–H groups in total. The first-order valence-electron chi connectivity index (χ1n) is 4.30. The summed E-state index contributed by atoms with van der Waals surface area (Å²) < 4.78 is 9.50. The molecule has 0 aromatic carbocycles. The van der Waals surface area contributed by atoms with Gasteiger partial charge in [0.2, 0.25) is 0 Å². The Morgan fingerprint density at radius 2 is 2.57 bits per heavy atom. The van der Waals surface area contributed by atoms with Crippen LogP contribution in [-0.4, -0.2) is 23.5 Å². The van der Waals surface area contributed by atoms with Gasteiger partial charge in [-0.05, 0) is 0 Å². The average molecular weight is 215 g/mol. The fraction of sp³-hybridized carbons (Fsp3) is 0.556. The Bertz CT molecular complexity index is 274. The number of esters is 1. The summed E-state index contributed by atoms with van der Waals surface area (Å²) in [7, 11) is 1.40. The van der Waals surface area contributed by atoms with Gasteiger partial charge >= 0.3 is 5.97 Å². The minimum atomic E-state index is -0.178. The summed E-state index contributed by atoms with van der Waals surface area (Å²) in [5.41, 5.74) is 0. The highest BCUT2D eigenvalue weighted by Crippen LogP contribution is 2.19. The second-order valence-electron chi connectivity index (χ2n) is 2.88. The quantitative estimate of drug-likeness (QED) is 0.702. The van der Waals surface area contributed by atoms with Crippen LogP contribution in [-0.2, 0) is 15.3 Å². The first-order chi connectivity index (χ1) is 6.72. The van der Waals surface area contributed by atoms with Gasteiger partial charge in [-0.3, -0.25) is 4.79 Å². The van der Waals surface area contributed by atoms with Crippen molar-refractivity contribution in [3.8, 4) is 0 Å². The highest BCUT2D eigenvalue weighted by atomic mass is 32.2. The van der Waals surface area contributed by atoms with E-state index in [-0.39, 0.29) is 11.2 Å². The van der Waals surface area contributed by atoms with Crippen molar-refractivity contribution in [2.75, 3.05) is 7.11 Å². The minimum Gasteiger partial charge on any atom is -0.469 e. The van der Waals surface area contributed by atoms with Gasteiger partial charge in [-0.2, -0.15) is 11.8 Å². The molecule has 1 rings (SSSR count). The van der Waals surface area contributed by atoms with Gasteiger partial charge in [0.15, 0.2) is 0 Å². The van der Waals surface area contributed by atoms with Gasteiger partial charge in [0.1, 0.15) is 5.76 Å². The zero-order chi connectivity index (χ0) is 10.4. The van der Waals surface area contributed by atoms with Crippen molar-refractivity contribution in [2.24, 2.45) is 0 Å². The van der Waals surface area contributed by atoms with Crippen molar-refractivity contribution in [3.05, 3.63) is 18.0 Å². The summed E-state index contributed by atoms with van der Waals surface area (Å²) in [6.07, 6.45) is 2.04. The molecule has 14 heavy (non-hydrogen) atoms. The van der Waals surface area contributed by atoms with Crippen LogP contribution in [0.1, 0.15) is 19.1 Å². The molecule has 0 aliphatic carbocycles. The molecule has 0 radical (unpaired) electrons. The lowest BCUT2D eigenvalue weighted by atomic mass is 10.3. The van der Waals surface area contributed by atoms with E-state index in [9.17, 15) is 4.79 Å². The second-order valence-corrected chi connectivity index (χ2v) is 4.31. The molecule has 4 nitrogen and oxygen atoms in total. The van der Waals surface area contributed by atoms with E-state index in [0.717, 1.165) is 11.5 Å². The van der Waals surface area contributed by atoms with E-state index in [1.54, 1.807) is 18.0 Å². The van der Waals surface area contributed by atoms with E-state index in [2.05, 4.69) is 9.89 Å². The molecule has 0 aliphatic heterocycles. The van der Waals surface area contributed by atoms with Crippen LogP contribution < -0.4 is 0 Å². The molecular weight excluding hydrogens is 202 g/mol. The molecule has 0 spiro atoms. The molecule has 5 heteroatoms. The molecule has 0 amide bonds. The number of methoxy groups -OCH3 is 1. The number of hydrogen-bond donors (Lipinski definition) is 0. The van der Waals surface area contributed by atoms with E-state index in [1.165, 1.54) is 7.11 Å². The van der Waals surface area contributed by atoms with Crippen LogP contribution in [0.5, 0.6) is 0 Å². The van der Waals surface area contributed by atoms with Crippen molar-refractivity contribution in [2.45, 2.75) is 24.3 Å². The van der Waals surface area contributed by atoms with Gasteiger partial charge in [0, 0.05) is 11.3 Å². The number of aromatic nitrogens is 1. The number of carbonyl (C=O) groups is 1. The van der Waals surface area contributed by atoms with Crippen molar-refractivity contribution in [3.63, 3.8) is 0 Å². The van der Waals surface area contributed by atoms with Crippen LogP contribution in [0.15, 0.2) is 16.8 Å². The zero-order valence-corrected chi connectivity index (χ0v) is 9.04. The lowest BCUT2D eigenvalue weighted by molar-refractivity contribution is -0.140. The summed E-state index contributed by atoms with van der Waals surface area (Å²) in [5.74, 6) is 1.38. The Labute approximate surface area is 87.0 Å². The molecule has 0 fully saturated rings. The van der Waals surface area contributed by atoms with E-state index >= 15 is 0 Å². The maximum atomic E-state index is 10.9. The SMILES string of the molecule is COC(=O)CC(C)SCc1ccno1. The van der Waals surface area contributed by atoms with Crippen molar-refractivity contribution < 1.29 is 14.1 Å². The summed E-state index contributed by atoms with van der Waals surface area (Å²) in [6.45, 7) is 1.98. The highest BCUT2D eigenvalue weighted by molar-refractivity contribution is 7.99. The predicted octanol–water partition coefficient (Wildman–Crippen LogP) is 1.86. The van der Waals surface area contributed by atoms with Crippen LogP contribution in [0, 0.1) is 0 Å². The van der Waals surface area contributed by atoms with Gasteiger partial charge in [-0.25, -0.2) is 0 Å². The minimum absolute atomic E-state index is 0.178. The van der Waals surface area contributed by atoms with Gasteiger partial charge in [0.05, 0.1) is 25.5 Å². The molecule has 1 aromatic heterocycles. The fourth-order valence-corrected chi connectivity index (χ4v) is 1.77. The summed E-state index contributed by atoms with van der Waals surface area (Å²) in [5, 5.41) is 3.83. The smallest absolute Gasteiger partial charge is 0.306 e. The Balaban J connectivity index is 2.21. The van der Waals surface area contributed by atoms with Crippen molar-refractivity contribution in [1.29, 1.82) is 0 Å². The fourth-order valence-electron chi connectivity index (χ4n) is 0.918. The second kappa shape index (κ2) is 5.70. The van der Waals surface area contributed by atoms with E-state index < -0.39 is 0 Å². The topological polar surface area (TPSA) is 52.3 Å². The van der Waals surface area contributed by atoms with Crippen LogP contribution in [0.25, 0.3) is 0 Å². The molecule has 78 valence electrons. The first kappa shape index (κ1) is 11.1. The third-order valence-electron chi connectivity index (χ3n) is 1.68. The summed E-state index contributed by atoms with van der Waals surface area (Å²) in [6, 6.07) is 1.82. The Hall–Kier alpha value is -0.970. The van der Waals surface area contributed by atoms with Crippen molar-refractivity contribution >= 4 is 17.7 Å². The Kier molecular flexibility index (Phi) is 4.52. The lowest BCUT2D eigenvalue weighted by Crippen LogP contribution is -2.08. The average Bonchev–Trinajstić information content (AvgIpc) is 2.67. The normalized spacial score (nSPS) is 12.4. The Morgan fingerprint density at radius 3 is 3.14 bits per heavy atom. The maximum absolute atomic E-state index is 10.9. The molecule has 1 atom stereocenters. The summed E-state index contributed by atoms with van der Waals surface area (Å²) in [4.78, 5) is 10.9. The number of ether oxygens (including phenoxy) is 1. The monoisotopic (exact) mass is 215 g/mol. The third-order valence-corrected chi connectivity index (χ3v) is 2.87. The highest BCUT2D eigenvalue weighted by Gasteiger charge is 2.10. The Morgan fingerprint density at radius 1 is 1.79 bits per heavy atom. The largest absolute Gasteiger partial charge is 0.469 e. The van der Waals surface area contributed by atoms with E-state index in [4.69, 9.17) is 4.52 Å². The van der Waals surface area contributed by atoms with E-state index in [1.807, 2.05) is 13.0 Å². The molecule has 0 saturated carbocycles. The van der Waals surface area contributed by atoms with Gasteiger partial charge in [-0.15, -0.1) is 0 Å². The number of carbonyl (C=O) groups excluding carboxylic acids is 1. The van der Waals surface area contributed by atoms with Gasteiger partial charge in [-0.1, -0.05) is 12.1 Å². The third kappa shape index (κ3) is 3.83. The maximum Gasteiger partial charge on any atom is 0.306 e. The van der Waals surface area contributed by atoms with E-state index in [0.29, 0.717) is 6.42 Å². The number of rotatable bonds is 5. The lowest BCUT2D eigenvalue weighted by Gasteiger charge is -2.07. The predicted molar refractivity (Wildman–Crippen MR) is 53.9 cm³/mol. The standard InChI is InChI=1S/C9H13NO3S/c1-7(5-9(11)12-2)14-6-8-3-4-10-13-8/h3-4,7H,5-6H2,1-2H3. The first-order valence-corrected chi connectivity index (χ1v) is 5.35. The van der Waals surface area contributed by atoms with Crippen molar-refractivity contribution in [1.82, 2.24) is 5.16 Å². The van der Waals surface area contributed by atoms with Crippen LogP contribution in [0.2, 0.25) is 0 Å². The zero-order valence-electron chi connectivity index (χ0n) is 8.23. The molecule has 0 bridgehead atoms. The number of hydrogen-bond acceptors (Lipinski definition) is 5. The molecule has 0 saturated heterocycles. The van der Waals surface area contributed by atoms with Crippen LogP contribution in [0.3, 0.4) is 0 Å². The molecule has 1 unspecified atom stereocenters. The molecule has 1 heterocycles. The summed E-state index contributed by atoms with van der Waals surface area (Å²) >= 11 is 1.64. The van der Waals surface area contributed by atoms with Gasteiger partial charge < -0.3 is 9.26 Å². The molecule has 0 aliphatic rings. The molecular formula is C9H13NO3S. The van der Waals surface area contributed by atoms with Gasteiger partial charge in [0.25, 0.3) is 0 Å². The number of thioether (sulfide) groups is 1. The number of nitrogens with zero attached hydrogens (tertiary/aromatic N) is 1. The molecule has 1 aromatic rings. The van der Waals surface area contributed by atoms with Crippen LogP contribution >= 0.6 is 11.8 Å².